The quantitative estimate of drug-likeness (QED) is 0.142. The number of hydrogen-bond donors (Lipinski definition) is 2. The number of oxazole rings is 1. The number of carbonyl (C=O) groups is 1. The number of aromatic nitrogens is 4. The number of nitriles is 1. The molecule has 1 amide bonds. The van der Waals surface area contributed by atoms with E-state index >= 15 is 0 Å². The van der Waals surface area contributed by atoms with E-state index in [-0.39, 0.29) is 23.7 Å². The second-order valence-corrected chi connectivity index (χ2v) is 15.6. The van der Waals surface area contributed by atoms with Crippen LogP contribution >= 0.6 is 0 Å². The minimum Gasteiger partial charge on any atom is -0.435 e. The number of benzene rings is 3. The first kappa shape index (κ1) is 39.0. The monoisotopic (exact) mass is 785 g/mol. The van der Waals surface area contributed by atoms with E-state index in [0.29, 0.717) is 65.3 Å². The maximum Gasteiger partial charge on any atom is 0.297 e. The molecule has 2 fully saturated rings. The zero-order valence-corrected chi connectivity index (χ0v) is 33.0. The molecule has 5 heterocycles. The number of alkyl halides is 2. The second-order valence-electron chi connectivity index (χ2n) is 15.6. The first-order chi connectivity index (χ1) is 27.9. The molecule has 58 heavy (non-hydrogen) atoms. The lowest BCUT2D eigenvalue weighted by Gasteiger charge is -2.32. The molecular weight excluding hydrogens is 741 g/mol. The summed E-state index contributed by atoms with van der Waals surface area (Å²) in [5, 5.41) is 23.4. The van der Waals surface area contributed by atoms with Crippen molar-refractivity contribution < 1.29 is 23.1 Å². The summed E-state index contributed by atoms with van der Waals surface area (Å²) in [6.07, 6.45) is 0.743. The number of pyridine rings is 1. The molecule has 298 valence electrons. The molecule has 0 saturated carbocycles. The molecule has 8 rings (SSSR count). The molecule has 2 saturated heterocycles. The maximum absolute atomic E-state index is 14.1. The number of nitrogens with zero attached hydrogens (tertiary/aromatic N) is 8. The number of amides is 1. The molecule has 3 aromatic carbocycles. The van der Waals surface area contributed by atoms with Gasteiger partial charge in [0.1, 0.15) is 17.1 Å². The molecule has 1 atom stereocenters. The zero-order chi connectivity index (χ0) is 40.7. The van der Waals surface area contributed by atoms with Crippen molar-refractivity contribution in [1.82, 2.24) is 34.6 Å². The molecule has 0 bridgehead atoms. The SMILES string of the molecule is Cc1c(Nc2nc(C(F)F)nc3cc(CN4CCC(O)C4)cnc23)cccc1-c1cccc(-c2nc3cc(CN4CCC(C(=O)N(C)C)CC4)cc(C#N)c3o2)c1C. The molecular formula is C44H45F2N9O3. The molecule has 2 aliphatic rings. The lowest BCUT2D eigenvalue weighted by molar-refractivity contribution is -0.134. The highest BCUT2D eigenvalue weighted by Crippen LogP contribution is 2.38. The van der Waals surface area contributed by atoms with Crippen LogP contribution in [0.15, 0.2) is 65.2 Å². The van der Waals surface area contributed by atoms with E-state index in [4.69, 9.17) is 9.40 Å². The van der Waals surface area contributed by atoms with Gasteiger partial charge >= 0.3 is 0 Å². The third-order valence-electron chi connectivity index (χ3n) is 11.4. The summed E-state index contributed by atoms with van der Waals surface area (Å²) in [6, 6.07) is 19.5. The van der Waals surface area contributed by atoms with Crippen LogP contribution in [0.25, 0.3) is 44.7 Å². The Balaban J connectivity index is 1.06. The van der Waals surface area contributed by atoms with Gasteiger partial charge in [-0.25, -0.2) is 23.7 Å². The van der Waals surface area contributed by atoms with Gasteiger partial charge < -0.3 is 19.7 Å². The Labute approximate surface area is 335 Å². The molecule has 6 aromatic rings. The molecule has 12 nitrogen and oxygen atoms in total. The molecule has 0 radical (unpaired) electrons. The average molecular weight is 786 g/mol. The van der Waals surface area contributed by atoms with Crippen LogP contribution in [0.5, 0.6) is 0 Å². The second kappa shape index (κ2) is 16.2. The van der Waals surface area contributed by atoms with Crippen molar-refractivity contribution in [3.63, 3.8) is 0 Å². The summed E-state index contributed by atoms with van der Waals surface area (Å²) in [7, 11) is 3.60. The lowest BCUT2D eigenvalue weighted by Crippen LogP contribution is -2.39. The van der Waals surface area contributed by atoms with Gasteiger partial charge in [0.05, 0.1) is 17.2 Å². The smallest absolute Gasteiger partial charge is 0.297 e. The Morgan fingerprint density at radius 3 is 2.33 bits per heavy atom. The maximum atomic E-state index is 14.1. The minimum atomic E-state index is -2.88. The van der Waals surface area contributed by atoms with Crippen molar-refractivity contribution in [3.8, 4) is 28.7 Å². The van der Waals surface area contributed by atoms with Gasteiger partial charge in [0, 0.05) is 63.6 Å². The summed E-state index contributed by atoms with van der Waals surface area (Å²) in [5.41, 5.74) is 8.95. The number of piperidine rings is 1. The van der Waals surface area contributed by atoms with E-state index in [9.17, 15) is 23.9 Å². The van der Waals surface area contributed by atoms with Crippen LogP contribution in [0.3, 0.4) is 0 Å². The number of halogens is 2. The van der Waals surface area contributed by atoms with Gasteiger partial charge in [0.2, 0.25) is 11.8 Å². The van der Waals surface area contributed by atoms with E-state index in [1.54, 1.807) is 31.3 Å². The first-order valence-electron chi connectivity index (χ1n) is 19.5. The first-order valence-corrected chi connectivity index (χ1v) is 19.5. The standard InChI is InChI=1S/C44H45F2N9O3/c1-25-32(7-5-9-34(25)43-51-37-18-27(17-30(20-47)39(37)58-43)22-54-14-11-29(12-15-54)44(57)53(3)4)33-8-6-10-35(26(33)2)49-41-38-36(50-42(52-41)40(45)46)19-28(21-48-38)23-55-16-13-31(56)24-55/h5-10,17-19,21,29,31,40,56H,11-16,22-24H2,1-4H3,(H,49,50,52). The number of aliphatic hydroxyl groups is 1. The number of aliphatic hydroxyl groups excluding tert-OH is 1. The molecule has 2 N–H and O–H groups in total. The van der Waals surface area contributed by atoms with Crippen molar-refractivity contribution in [2.24, 2.45) is 5.92 Å². The van der Waals surface area contributed by atoms with Crippen LogP contribution in [-0.2, 0) is 17.9 Å². The Morgan fingerprint density at radius 1 is 0.931 bits per heavy atom. The van der Waals surface area contributed by atoms with E-state index in [1.807, 2.05) is 62.4 Å². The van der Waals surface area contributed by atoms with Crippen LogP contribution < -0.4 is 5.32 Å². The predicted molar refractivity (Wildman–Crippen MR) is 217 cm³/mol. The molecule has 3 aromatic heterocycles. The fourth-order valence-electron chi connectivity index (χ4n) is 8.26. The molecule has 0 spiro atoms. The van der Waals surface area contributed by atoms with E-state index in [1.165, 1.54) is 0 Å². The Morgan fingerprint density at radius 2 is 1.62 bits per heavy atom. The number of nitrogens with one attached hydrogen (secondary N) is 1. The van der Waals surface area contributed by atoms with Crippen molar-refractivity contribution >= 4 is 39.5 Å². The predicted octanol–water partition coefficient (Wildman–Crippen LogP) is 7.54. The molecule has 0 aliphatic carbocycles. The van der Waals surface area contributed by atoms with Gasteiger partial charge in [-0.1, -0.05) is 24.3 Å². The lowest BCUT2D eigenvalue weighted by atomic mass is 9.93. The average Bonchev–Trinajstić information content (AvgIpc) is 3.83. The number of rotatable bonds is 10. The minimum absolute atomic E-state index is 0.0386. The van der Waals surface area contributed by atoms with Crippen molar-refractivity contribution in [1.29, 1.82) is 5.26 Å². The Bertz CT molecular complexity index is 2560. The number of hydrogen-bond acceptors (Lipinski definition) is 11. The fourth-order valence-corrected chi connectivity index (χ4v) is 8.26. The van der Waals surface area contributed by atoms with Crippen LogP contribution in [0.4, 0.5) is 20.3 Å². The highest BCUT2D eigenvalue weighted by atomic mass is 19.3. The number of anilines is 2. The van der Waals surface area contributed by atoms with Gasteiger partial charge in [0.15, 0.2) is 17.2 Å². The summed E-state index contributed by atoms with van der Waals surface area (Å²) in [5.74, 6) is 0.197. The summed E-state index contributed by atoms with van der Waals surface area (Å²) in [4.78, 5) is 36.4. The number of β-amino-alcohol motifs (C(OH)–C–C–N with tert-alkyl or cyclic N) is 1. The number of fused-ring (bicyclic) bond motifs is 2. The highest BCUT2D eigenvalue weighted by Gasteiger charge is 2.27. The molecule has 14 heteroatoms. The fraction of sp³-hybridized carbons (Fsp3) is 0.364. The topological polar surface area (TPSA) is 148 Å². The van der Waals surface area contributed by atoms with E-state index < -0.39 is 12.2 Å². The number of carbonyl (C=O) groups excluding carboxylic acids is 1. The third-order valence-corrected chi connectivity index (χ3v) is 11.4. The summed E-state index contributed by atoms with van der Waals surface area (Å²) >= 11 is 0. The van der Waals surface area contributed by atoms with Gasteiger partial charge in [-0.15, -0.1) is 0 Å². The van der Waals surface area contributed by atoms with Crippen molar-refractivity contribution in [2.45, 2.75) is 58.7 Å². The third kappa shape index (κ3) is 7.85. The Hall–Kier alpha value is -5.88. The molecule has 2 aliphatic heterocycles. The van der Waals surface area contributed by atoms with E-state index in [2.05, 4.69) is 36.1 Å². The van der Waals surface area contributed by atoms with Gasteiger partial charge in [-0.3, -0.25) is 19.6 Å². The van der Waals surface area contributed by atoms with Gasteiger partial charge in [-0.2, -0.15) is 5.26 Å². The van der Waals surface area contributed by atoms with Gasteiger partial charge in [-0.05, 0) is 110 Å². The molecule has 1 unspecified atom stereocenters. The van der Waals surface area contributed by atoms with Gasteiger partial charge in [0.25, 0.3) is 6.43 Å². The van der Waals surface area contributed by atoms with Crippen LogP contribution in [0, 0.1) is 31.1 Å². The van der Waals surface area contributed by atoms with E-state index in [0.717, 1.165) is 71.4 Å². The highest BCUT2D eigenvalue weighted by molar-refractivity contribution is 5.90. The normalized spacial score (nSPS) is 16.7. The zero-order valence-electron chi connectivity index (χ0n) is 33.0. The van der Waals surface area contributed by atoms with Crippen molar-refractivity contribution in [3.05, 3.63) is 94.4 Å². The van der Waals surface area contributed by atoms with Crippen LogP contribution in [0.1, 0.15) is 59.3 Å². The van der Waals surface area contributed by atoms with Crippen LogP contribution in [0.2, 0.25) is 0 Å². The summed E-state index contributed by atoms with van der Waals surface area (Å²) < 4.78 is 34.5. The summed E-state index contributed by atoms with van der Waals surface area (Å²) in [6.45, 7) is 8.02. The Kier molecular flexibility index (Phi) is 10.9. The number of likely N-dealkylation sites (tertiary alicyclic amines) is 2. The largest absolute Gasteiger partial charge is 0.435 e. The van der Waals surface area contributed by atoms with Crippen LogP contribution in [-0.4, -0.2) is 92.0 Å². The van der Waals surface area contributed by atoms with Crippen molar-refractivity contribution in [2.75, 3.05) is 45.6 Å².